The number of nitrogens with zero attached hydrogens (tertiary/aromatic N) is 4. The van der Waals surface area contributed by atoms with Crippen molar-refractivity contribution >= 4 is 27.8 Å². The van der Waals surface area contributed by atoms with Crippen LogP contribution in [0.15, 0.2) is 38.6 Å². The maximum atomic E-state index is 12.8. The van der Waals surface area contributed by atoms with Crippen molar-refractivity contribution in [3.63, 3.8) is 0 Å². The molecule has 1 aromatic heterocycles. The van der Waals surface area contributed by atoms with Gasteiger partial charge in [0, 0.05) is 37.5 Å². The van der Waals surface area contributed by atoms with Gasteiger partial charge in [-0.2, -0.15) is 22.5 Å². The third kappa shape index (κ3) is 4.97. The minimum atomic E-state index is -4.28. The van der Waals surface area contributed by atoms with E-state index in [0.717, 1.165) is 4.90 Å². The molecule has 1 aromatic carbocycles. The van der Waals surface area contributed by atoms with Crippen LogP contribution in [0.4, 0.5) is 19.2 Å². The van der Waals surface area contributed by atoms with Gasteiger partial charge in [0.1, 0.15) is 0 Å². The molecular formula is C16H19F3N4O3S2. The highest BCUT2D eigenvalue weighted by molar-refractivity contribution is 7.98. The van der Waals surface area contributed by atoms with Crippen LogP contribution in [0, 0.1) is 0 Å². The van der Waals surface area contributed by atoms with E-state index < -0.39 is 22.6 Å². The van der Waals surface area contributed by atoms with Crippen molar-refractivity contribution in [2.45, 2.75) is 28.8 Å². The van der Waals surface area contributed by atoms with Gasteiger partial charge < -0.3 is 9.42 Å². The number of hydrogen-bond acceptors (Lipinski definition) is 7. The van der Waals surface area contributed by atoms with Crippen molar-refractivity contribution < 1.29 is 26.1 Å². The Morgan fingerprint density at radius 2 is 1.79 bits per heavy atom. The molecule has 0 aliphatic carbocycles. The summed E-state index contributed by atoms with van der Waals surface area (Å²) in [5.41, 5.74) is 0. The van der Waals surface area contributed by atoms with E-state index in [0.29, 0.717) is 13.1 Å². The van der Waals surface area contributed by atoms with Crippen LogP contribution in [0.1, 0.15) is 12.2 Å². The predicted molar refractivity (Wildman–Crippen MR) is 97.9 cm³/mol. The number of rotatable bonds is 6. The van der Waals surface area contributed by atoms with E-state index in [1.54, 1.807) is 29.2 Å². The van der Waals surface area contributed by atoms with Gasteiger partial charge in [-0.15, -0.1) is 11.8 Å². The normalized spacial score (nSPS) is 16.5. The van der Waals surface area contributed by atoms with Crippen LogP contribution in [0.5, 0.6) is 0 Å². The summed E-state index contributed by atoms with van der Waals surface area (Å²) in [7, 11) is -3.61. The Hall–Kier alpha value is -1.79. The molecule has 0 spiro atoms. The van der Waals surface area contributed by atoms with E-state index in [4.69, 9.17) is 4.52 Å². The predicted octanol–water partition coefficient (Wildman–Crippen LogP) is 2.80. The maximum Gasteiger partial charge on any atom is 0.389 e. The molecule has 2 aromatic rings. The van der Waals surface area contributed by atoms with Crippen LogP contribution in [0.25, 0.3) is 0 Å². The lowest BCUT2D eigenvalue weighted by atomic mass is 10.3. The van der Waals surface area contributed by atoms with E-state index in [2.05, 4.69) is 10.1 Å². The fourth-order valence-electron chi connectivity index (χ4n) is 2.74. The lowest BCUT2D eigenvalue weighted by Gasteiger charge is -2.32. The number of aromatic nitrogens is 2. The third-order valence-corrected chi connectivity index (χ3v) is 6.95. The van der Waals surface area contributed by atoms with E-state index in [-0.39, 0.29) is 36.2 Å². The molecule has 0 saturated carbocycles. The molecule has 3 rings (SSSR count). The van der Waals surface area contributed by atoms with E-state index in [1.807, 2.05) is 6.26 Å². The summed E-state index contributed by atoms with van der Waals surface area (Å²) in [5.74, 6) is -0.0174. The zero-order valence-corrected chi connectivity index (χ0v) is 16.6. The Kier molecular flexibility index (Phi) is 6.20. The first-order valence-electron chi connectivity index (χ1n) is 8.47. The molecule has 0 radical (unpaired) electrons. The Bertz CT molecular complexity index is 893. The van der Waals surface area contributed by atoms with Gasteiger partial charge >= 0.3 is 12.2 Å². The highest BCUT2D eigenvalue weighted by atomic mass is 32.2. The van der Waals surface area contributed by atoms with Gasteiger partial charge in [-0.25, -0.2) is 8.42 Å². The van der Waals surface area contributed by atoms with Crippen molar-refractivity contribution in [3.05, 3.63) is 30.1 Å². The summed E-state index contributed by atoms with van der Waals surface area (Å²) in [5, 5.41) is 3.56. The SMILES string of the molecule is CSc1ccc(S(=O)(=O)N2CCN(c3nc(CCC(F)(F)F)no3)CC2)cc1. The van der Waals surface area contributed by atoms with Crippen LogP contribution < -0.4 is 4.90 Å². The summed E-state index contributed by atoms with van der Waals surface area (Å²) in [6, 6.07) is 6.79. The maximum absolute atomic E-state index is 12.8. The molecule has 1 aliphatic rings. The minimum absolute atomic E-state index is 0.0174. The van der Waals surface area contributed by atoms with Gasteiger partial charge in [0.05, 0.1) is 11.3 Å². The van der Waals surface area contributed by atoms with Crippen LogP contribution in [0.3, 0.4) is 0 Å². The molecular weight excluding hydrogens is 417 g/mol. The highest BCUT2D eigenvalue weighted by Crippen LogP contribution is 2.24. The summed E-state index contributed by atoms with van der Waals surface area (Å²) in [6.07, 6.45) is -3.75. The van der Waals surface area contributed by atoms with E-state index in [1.165, 1.54) is 16.1 Å². The summed E-state index contributed by atoms with van der Waals surface area (Å²) in [4.78, 5) is 6.85. The number of halogens is 3. The quantitative estimate of drug-likeness (QED) is 0.644. The van der Waals surface area contributed by atoms with Crippen molar-refractivity contribution in [2.24, 2.45) is 0 Å². The molecule has 0 bridgehead atoms. The second kappa shape index (κ2) is 8.29. The molecule has 1 aliphatic heterocycles. The lowest BCUT2D eigenvalue weighted by Crippen LogP contribution is -2.48. The molecule has 0 N–H and O–H groups in total. The number of sulfonamides is 1. The first-order chi connectivity index (χ1) is 13.2. The Morgan fingerprint density at radius 1 is 1.14 bits per heavy atom. The monoisotopic (exact) mass is 436 g/mol. The molecule has 12 heteroatoms. The molecule has 2 heterocycles. The first-order valence-corrected chi connectivity index (χ1v) is 11.1. The number of benzene rings is 1. The van der Waals surface area contributed by atoms with Gasteiger partial charge in [0.15, 0.2) is 5.82 Å². The third-order valence-electron chi connectivity index (χ3n) is 4.30. The van der Waals surface area contributed by atoms with Crippen LogP contribution in [-0.4, -0.2) is 61.5 Å². The average Bonchev–Trinajstić information content (AvgIpc) is 3.15. The number of piperazine rings is 1. The van der Waals surface area contributed by atoms with Crippen molar-refractivity contribution in [1.82, 2.24) is 14.4 Å². The van der Waals surface area contributed by atoms with Crippen LogP contribution >= 0.6 is 11.8 Å². The topological polar surface area (TPSA) is 79.5 Å². The molecule has 1 saturated heterocycles. The Labute approximate surface area is 164 Å². The van der Waals surface area contributed by atoms with Gasteiger partial charge in [-0.05, 0) is 30.5 Å². The molecule has 0 atom stereocenters. The first kappa shape index (κ1) is 20.9. The number of thioether (sulfide) groups is 1. The van der Waals surface area contributed by atoms with Gasteiger partial charge in [-0.1, -0.05) is 5.16 Å². The Balaban J connectivity index is 1.60. The smallest absolute Gasteiger partial charge is 0.322 e. The van der Waals surface area contributed by atoms with Gasteiger partial charge in [0.25, 0.3) is 0 Å². The summed E-state index contributed by atoms with van der Waals surface area (Å²) >= 11 is 1.53. The summed E-state index contributed by atoms with van der Waals surface area (Å²) < 4.78 is 68.8. The van der Waals surface area contributed by atoms with Crippen molar-refractivity contribution in [1.29, 1.82) is 0 Å². The number of alkyl halides is 3. The zero-order valence-electron chi connectivity index (χ0n) is 15.0. The number of hydrogen-bond donors (Lipinski definition) is 0. The standard InChI is InChI=1S/C16H19F3N4O3S2/c1-27-12-2-4-13(5-3-12)28(24,25)23-10-8-22(9-11-23)15-20-14(21-26-15)6-7-16(17,18)19/h2-5H,6-11H2,1H3. The summed E-state index contributed by atoms with van der Waals surface area (Å²) in [6.45, 7) is 1.05. The van der Waals surface area contributed by atoms with E-state index >= 15 is 0 Å². The average molecular weight is 436 g/mol. The molecule has 154 valence electrons. The number of aryl methyl sites for hydroxylation is 1. The van der Waals surface area contributed by atoms with Crippen LogP contribution in [0.2, 0.25) is 0 Å². The largest absolute Gasteiger partial charge is 0.389 e. The minimum Gasteiger partial charge on any atom is -0.322 e. The van der Waals surface area contributed by atoms with Gasteiger partial charge in [-0.3, -0.25) is 0 Å². The molecule has 28 heavy (non-hydrogen) atoms. The van der Waals surface area contributed by atoms with Gasteiger partial charge in [0.2, 0.25) is 10.0 Å². The van der Waals surface area contributed by atoms with E-state index in [9.17, 15) is 21.6 Å². The highest BCUT2D eigenvalue weighted by Gasteiger charge is 2.31. The Morgan fingerprint density at radius 3 is 2.36 bits per heavy atom. The molecule has 0 unspecified atom stereocenters. The molecule has 7 nitrogen and oxygen atoms in total. The number of anilines is 1. The lowest BCUT2D eigenvalue weighted by molar-refractivity contribution is -0.134. The fourth-order valence-corrected chi connectivity index (χ4v) is 4.58. The zero-order chi connectivity index (χ0) is 20.4. The molecule has 0 amide bonds. The van der Waals surface area contributed by atoms with Crippen LogP contribution in [-0.2, 0) is 16.4 Å². The molecule has 1 fully saturated rings. The van der Waals surface area contributed by atoms with Crippen molar-refractivity contribution in [3.8, 4) is 0 Å². The second-order valence-electron chi connectivity index (χ2n) is 6.18. The second-order valence-corrected chi connectivity index (χ2v) is 8.99. The fraction of sp³-hybridized carbons (Fsp3) is 0.500. The van der Waals surface area contributed by atoms with Crippen molar-refractivity contribution in [2.75, 3.05) is 37.3 Å².